The van der Waals surface area contributed by atoms with Crippen molar-refractivity contribution in [3.05, 3.63) is 53.6 Å². The van der Waals surface area contributed by atoms with E-state index >= 15 is 0 Å². The maximum absolute atomic E-state index is 13.8. The fraction of sp³-hybridized carbons (Fsp3) is 0.567. The third-order valence-electron chi connectivity index (χ3n) is 8.99. The van der Waals surface area contributed by atoms with Crippen LogP contribution in [0, 0.1) is 29.4 Å². The number of anilines is 1. The first-order valence-electron chi connectivity index (χ1n) is 14.1. The molecule has 2 saturated heterocycles. The fourth-order valence-corrected chi connectivity index (χ4v) is 6.96. The van der Waals surface area contributed by atoms with Crippen LogP contribution in [0.15, 0.2) is 36.4 Å². The van der Waals surface area contributed by atoms with Crippen molar-refractivity contribution in [3.63, 3.8) is 0 Å². The molecule has 0 bridgehead atoms. The number of nitrogens with zero attached hydrogens (tertiary/aromatic N) is 3. The topological polar surface area (TPSA) is 45.3 Å². The number of ether oxygens (including phenoxy) is 2. The van der Waals surface area contributed by atoms with Crippen molar-refractivity contribution in [3.8, 4) is 11.5 Å². The van der Waals surface area contributed by atoms with E-state index in [-0.39, 0.29) is 11.8 Å². The van der Waals surface area contributed by atoms with Crippen LogP contribution < -0.4 is 14.4 Å². The Labute approximate surface area is 223 Å². The van der Waals surface area contributed by atoms with Crippen molar-refractivity contribution in [2.24, 2.45) is 17.8 Å². The van der Waals surface area contributed by atoms with E-state index in [1.165, 1.54) is 37.0 Å². The number of carbonyl (C=O) groups excluding carboxylic acids is 1. The molecule has 3 aliphatic heterocycles. The number of hydrogen-bond donors (Lipinski definition) is 0. The van der Waals surface area contributed by atoms with Crippen LogP contribution in [-0.2, 0) is 11.2 Å². The minimum absolute atomic E-state index is 0.0504. The number of amides is 1. The maximum atomic E-state index is 13.8. The van der Waals surface area contributed by atoms with Gasteiger partial charge in [-0.25, -0.2) is 8.78 Å². The summed E-state index contributed by atoms with van der Waals surface area (Å²) < 4.78 is 38.0. The third-order valence-corrected chi connectivity index (χ3v) is 8.99. The van der Waals surface area contributed by atoms with Gasteiger partial charge in [0.2, 0.25) is 12.7 Å². The van der Waals surface area contributed by atoms with Gasteiger partial charge in [0, 0.05) is 51.0 Å². The van der Waals surface area contributed by atoms with E-state index in [4.69, 9.17) is 9.47 Å². The van der Waals surface area contributed by atoms with Gasteiger partial charge in [-0.1, -0.05) is 18.9 Å². The Morgan fingerprint density at radius 2 is 1.71 bits per heavy atom. The Bertz CT molecular complexity index is 1150. The summed E-state index contributed by atoms with van der Waals surface area (Å²) in [5.74, 6) is 1.40. The van der Waals surface area contributed by atoms with Gasteiger partial charge in [0.25, 0.3) is 0 Å². The lowest BCUT2D eigenvalue weighted by molar-refractivity contribution is -0.142. The van der Waals surface area contributed by atoms with Crippen LogP contribution >= 0.6 is 0 Å². The zero-order valence-electron chi connectivity index (χ0n) is 21.9. The van der Waals surface area contributed by atoms with Gasteiger partial charge in [0.1, 0.15) is 0 Å². The van der Waals surface area contributed by atoms with Crippen molar-refractivity contribution in [1.82, 2.24) is 9.80 Å². The van der Waals surface area contributed by atoms with Gasteiger partial charge in [-0.05, 0) is 73.9 Å². The summed E-state index contributed by atoms with van der Waals surface area (Å²) in [6, 6.07) is 10.2. The summed E-state index contributed by atoms with van der Waals surface area (Å²) >= 11 is 0. The average molecular weight is 526 g/mol. The van der Waals surface area contributed by atoms with Gasteiger partial charge in [0.15, 0.2) is 23.1 Å². The van der Waals surface area contributed by atoms with E-state index < -0.39 is 11.6 Å². The first-order valence-corrected chi connectivity index (χ1v) is 14.1. The summed E-state index contributed by atoms with van der Waals surface area (Å²) in [5, 5.41) is 0. The number of piperidine rings is 1. The number of halogens is 2. The monoisotopic (exact) mass is 525 g/mol. The van der Waals surface area contributed by atoms with Crippen molar-refractivity contribution in [2.75, 3.05) is 57.5 Å². The molecule has 0 unspecified atom stereocenters. The Morgan fingerprint density at radius 3 is 2.55 bits per heavy atom. The quantitative estimate of drug-likeness (QED) is 0.547. The second-order valence-electron chi connectivity index (χ2n) is 11.3. The highest BCUT2D eigenvalue weighted by molar-refractivity contribution is 5.80. The lowest BCUT2D eigenvalue weighted by atomic mass is 9.69. The summed E-state index contributed by atoms with van der Waals surface area (Å²) in [5.41, 5.74) is 1.93. The van der Waals surface area contributed by atoms with Gasteiger partial charge in [-0.3, -0.25) is 4.79 Å². The van der Waals surface area contributed by atoms with Gasteiger partial charge in [-0.15, -0.1) is 0 Å². The smallest absolute Gasteiger partial charge is 0.231 e. The molecule has 1 amide bonds. The van der Waals surface area contributed by atoms with E-state index in [2.05, 4.69) is 17.0 Å². The lowest BCUT2D eigenvalue weighted by Gasteiger charge is -2.47. The molecule has 3 heterocycles. The van der Waals surface area contributed by atoms with Crippen LogP contribution in [0.1, 0.15) is 37.7 Å². The number of aryl methyl sites for hydroxylation is 1. The minimum atomic E-state index is -0.831. The lowest BCUT2D eigenvalue weighted by Crippen LogP contribution is -2.56. The molecule has 2 aromatic rings. The molecule has 0 radical (unpaired) electrons. The van der Waals surface area contributed by atoms with Gasteiger partial charge >= 0.3 is 0 Å². The first kappa shape index (κ1) is 25.4. The molecule has 38 heavy (non-hydrogen) atoms. The molecule has 0 spiro atoms. The van der Waals surface area contributed by atoms with Crippen LogP contribution in [0.3, 0.4) is 0 Å². The van der Waals surface area contributed by atoms with E-state index in [9.17, 15) is 13.6 Å². The Balaban J connectivity index is 1.06. The van der Waals surface area contributed by atoms with E-state index in [0.717, 1.165) is 50.4 Å². The molecule has 6 nitrogen and oxygen atoms in total. The van der Waals surface area contributed by atoms with E-state index in [1.54, 1.807) is 6.07 Å². The van der Waals surface area contributed by atoms with Crippen LogP contribution in [0.5, 0.6) is 11.5 Å². The Morgan fingerprint density at radius 1 is 0.895 bits per heavy atom. The SMILES string of the molecule is O=C([C@@H]1CN(CCCc2ccc3c(c2)OCO3)C[C@H]2CCCC[C@@H]21)N1CCN(c2ccc(F)c(F)c2)CC1. The van der Waals surface area contributed by atoms with Crippen LogP contribution in [0.2, 0.25) is 0 Å². The van der Waals surface area contributed by atoms with Crippen LogP contribution in [0.25, 0.3) is 0 Å². The maximum Gasteiger partial charge on any atom is 0.231 e. The summed E-state index contributed by atoms with van der Waals surface area (Å²) in [6.45, 7) is 5.74. The number of carbonyl (C=O) groups is 1. The molecule has 1 aliphatic carbocycles. The molecule has 204 valence electrons. The van der Waals surface area contributed by atoms with Crippen molar-refractivity contribution in [1.29, 1.82) is 0 Å². The first-order chi connectivity index (χ1) is 18.5. The molecule has 4 aliphatic rings. The molecule has 6 rings (SSSR count). The average Bonchev–Trinajstić information content (AvgIpc) is 3.42. The van der Waals surface area contributed by atoms with Crippen molar-refractivity contribution in [2.45, 2.75) is 38.5 Å². The normalized spacial score (nSPS) is 25.4. The number of rotatable bonds is 6. The van der Waals surface area contributed by atoms with E-state index in [0.29, 0.717) is 50.5 Å². The highest BCUT2D eigenvalue weighted by Crippen LogP contribution is 2.40. The third kappa shape index (κ3) is 5.33. The van der Waals surface area contributed by atoms with Crippen molar-refractivity contribution >= 4 is 11.6 Å². The Hall–Kier alpha value is -2.87. The zero-order valence-corrected chi connectivity index (χ0v) is 21.9. The number of hydrogen-bond acceptors (Lipinski definition) is 5. The molecule has 3 fully saturated rings. The predicted molar refractivity (Wildman–Crippen MR) is 141 cm³/mol. The number of fused-ring (bicyclic) bond motifs is 2. The molecule has 2 aromatic carbocycles. The zero-order chi connectivity index (χ0) is 26.1. The van der Waals surface area contributed by atoms with Gasteiger partial charge < -0.3 is 24.2 Å². The molecule has 3 atom stereocenters. The summed E-state index contributed by atoms with van der Waals surface area (Å²) in [7, 11) is 0. The van der Waals surface area contributed by atoms with Gasteiger partial charge in [-0.2, -0.15) is 0 Å². The largest absolute Gasteiger partial charge is 0.454 e. The number of benzene rings is 2. The number of likely N-dealkylation sites (tertiary alicyclic amines) is 1. The predicted octanol–water partition coefficient (Wildman–Crippen LogP) is 4.71. The Kier molecular flexibility index (Phi) is 7.41. The standard InChI is InChI=1S/C30H37F2N3O3/c31-26-9-8-23(17-27(26)32)34-12-14-35(15-13-34)30(36)25-19-33(18-22-5-1-2-6-24(22)25)11-3-4-21-7-10-28-29(16-21)38-20-37-28/h7-10,16-17,22,24-25H,1-6,11-15,18-20H2/t22-,24+,25-/m1/s1. The fourth-order valence-electron chi connectivity index (χ4n) is 6.96. The number of piperazine rings is 1. The van der Waals surface area contributed by atoms with Gasteiger partial charge in [0.05, 0.1) is 5.92 Å². The minimum Gasteiger partial charge on any atom is -0.454 e. The van der Waals surface area contributed by atoms with Crippen molar-refractivity contribution < 1.29 is 23.0 Å². The molecule has 0 N–H and O–H groups in total. The summed E-state index contributed by atoms with van der Waals surface area (Å²) in [4.78, 5) is 20.4. The molecular formula is C30H37F2N3O3. The summed E-state index contributed by atoms with van der Waals surface area (Å²) in [6.07, 6.45) is 6.88. The second kappa shape index (κ2) is 11.1. The second-order valence-corrected chi connectivity index (χ2v) is 11.3. The molecule has 0 aromatic heterocycles. The highest BCUT2D eigenvalue weighted by atomic mass is 19.2. The van der Waals surface area contributed by atoms with E-state index in [1.807, 2.05) is 15.9 Å². The van der Waals surface area contributed by atoms with Crippen LogP contribution in [0.4, 0.5) is 14.5 Å². The molecule has 8 heteroatoms. The van der Waals surface area contributed by atoms with Crippen LogP contribution in [-0.4, -0.2) is 68.3 Å². The molecule has 1 saturated carbocycles. The highest BCUT2D eigenvalue weighted by Gasteiger charge is 2.43. The molecular weight excluding hydrogens is 488 g/mol.